The van der Waals surface area contributed by atoms with E-state index >= 15 is 0 Å². The van der Waals surface area contributed by atoms with Crippen LogP contribution in [-0.4, -0.2) is 72.8 Å². The van der Waals surface area contributed by atoms with Crippen molar-refractivity contribution in [3.8, 4) is 0 Å². The van der Waals surface area contributed by atoms with Crippen molar-refractivity contribution in [3.63, 3.8) is 0 Å². The average molecular weight is 305 g/mol. The number of anilines is 1. The molecule has 0 saturated carbocycles. The fourth-order valence-electron chi connectivity index (χ4n) is 2.84. The minimum Gasteiger partial charge on any atom is -0.366 e. The number of aromatic nitrogens is 2. The van der Waals surface area contributed by atoms with Crippen LogP contribution in [0, 0.1) is 0 Å². The Kier molecular flexibility index (Phi) is 4.84. The molecule has 0 spiro atoms. The lowest BCUT2D eigenvalue weighted by molar-refractivity contribution is -0.145. The zero-order valence-electron chi connectivity index (χ0n) is 13.0. The Bertz CT molecular complexity index is 510. The van der Waals surface area contributed by atoms with E-state index in [0.717, 1.165) is 37.6 Å². The Morgan fingerprint density at radius 1 is 1.36 bits per heavy atom. The second kappa shape index (κ2) is 7.02. The first-order chi connectivity index (χ1) is 10.8. The highest BCUT2D eigenvalue weighted by Crippen LogP contribution is 2.15. The van der Waals surface area contributed by atoms with E-state index in [9.17, 15) is 4.79 Å². The largest absolute Gasteiger partial charge is 0.366 e. The Morgan fingerprint density at radius 2 is 2.18 bits per heavy atom. The molecular weight excluding hydrogens is 282 g/mol. The summed E-state index contributed by atoms with van der Waals surface area (Å²) in [5, 5.41) is 3.20. The molecule has 1 N–H and O–H groups in total. The van der Waals surface area contributed by atoms with Crippen LogP contribution in [-0.2, 0) is 16.0 Å². The zero-order valence-corrected chi connectivity index (χ0v) is 13.0. The van der Waals surface area contributed by atoms with Gasteiger partial charge in [0, 0.05) is 51.0 Å². The molecule has 3 rings (SSSR count). The average Bonchev–Trinajstić information content (AvgIpc) is 2.62. The number of hydrogen-bond donors (Lipinski definition) is 1. The van der Waals surface area contributed by atoms with E-state index in [4.69, 9.17) is 4.74 Å². The number of amides is 1. The molecule has 2 aliphatic rings. The van der Waals surface area contributed by atoms with Crippen LogP contribution in [0.1, 0.15) is 12.6 Å². The van der Waals surface area contributed by atoms with Gasteiger partial charge in [0.05, 0.1) is 6.61 Å². The van der Waals surface area contributed by atoms with Gasteiger partial charge >= 0.3 is 0 Å². The van der Waals surface area contributed by atoms with Crippen LogP contribution in [0.15, 0.2) is 12.4 Å². The van der Waals surface area contributed by atoms with Crippen molar-refractivity contribution in [1.82, 2.24) is 20.2 Å². The number of carbonyl (C=O) groups excluding carboxylic acids is 1. The number of rotatable bonds is 3. The molecule has 0 unspecified atom stereocenters. The Balaban J connectivity index is 1.56. The van der Waals surface area contributed by atoms with Crippen molar-refractivity contribution < 1.29 is 9.53 Å². The predicted molar refractivity (Wildman–Crippen MR) is 82.8 cm³/mol. The number of morpholine rings is 1. The molecule has 7 heteroatoms. The van der Waals surface area contributed by atoms with Gasteiger partial charge in [-0.15, -0.1) is 0 Å². The van der Waals surface area contributed by atoms with Crippen LogP contribution in [0.5, 0.6) is 0 Å². The summed E-state index contributed by atoms with van der Waals surface area (Å²) in [5.74, 6) is 1.05. The first-order valence-corrected chi connectivity index (χ1v) is 7.95. The van der Waals surface area contributed by atoms with Crippen LogP contribution >= 0.6 is 0 Å². The molecule has 1 aromatic rings. The SMILES string of the molecule is CCc1cc(N2CCN(C(=O)[C@H]3CNCCO3)CC2)ncn1. The number of aryl methyl sites for hydroxylation is 1. The van der Waals surface area contributed by atoms with E-state index in [2.05, 4.69) is 27.1 Å². The van der Waals surface area contributed by atoms with Crippen molar-refractivity contribution in [1.29, 1.82) is 0 Å². The fourth-order valence-corrected chi connectivity index (χ4v) is 2.84. The van der Waals surface area contributed by atoms with E-state index in [1.807, 2.05) is 11.0 Å². The summed E-state index contributed by atoms with van der Waals surface area (Å²) in [6, 6.07) is 2.03. The third kappa shape index (κ3) is 3.36. The van der Waals surface area contributed by atoms with Gasteiger partial charge in [0.1, 0.15) is 18.2 Å². The molecular formula is C15H23N5O2. The monoisotopic (exact) mass is 305 g/mol. The van der Waals surface area contributed by atoms with Crippen LogP contribution in [0.25, 0.3) is 0 Å². The Labute approximate surface area is 130 Å². The van der Waals surface area contributed by atoms with Gasteiger partial charge in [0.2, 0.25) is 0 Å². The summed E-state index contributed by atoms with van der Waals surface area (Å²) in [6.45, 7) is 7.15. The van der Waals surface area contributed by atoms with Gasteiger partial charge < -0.3 is 19.9 Å². The van der Waals surface area contributed by atoms with Gasteiger partial charge in [0.25, 0.3) is 5.91 Å². The maximum absolute atomic E-state index is 12.4. The van der Waals surface area contributed by atoms with E-state index in [1.165, 1.54) is 0 Å². The summed E-state index contributed by atoms with van der Waals surface area (Å²) >= 11 is 0. The molecule has 3 heterocycles. The van der Waals surface area contributed by atoms with Gasteiger partial charge in [-0.05, 0) is 6.42 Å². The van der Waals surface area contributed by atoms with Crippen molar-refractivity contribution >= 4 is 11.7 Å². The molecule has 0 aliphatic carbocycles. The van der Waals surface area contributed by atoms with E-state index in [0.29, 0.717) is 26.2 Å². The third-order valence-electron chi connectivity index (χ3n) is 4.19. The molecule has 120 valence electrons. The summed E-state index contributed by atoms with van der Waals surface area (Å²) < 4.78 is 5.55. The number of hydrogen-bond acceptors (Lipinski definition) is 6. The van der Waals surface area contributed by atoms with Gasteiger partial charge in [0.15, 0.2) is 0 Å². The van der Waals surface area contributed by atoms with Crippen LogP contribution in [0.4, 0.5) is 5.82 Å². The Morgan fingerprint density at radius 3 is 2.86 bits per heavy atom. The molecule has 0 bridgehead atoms. The lowest BCUT2D eigenvalue weighted by Gasteiger charge is -2.37. The first kappa shape index (κ1) is 15.2. The summed E-state index contributed by atoms with van der Waals surface area (Å²) in [6.07, 6.45) is 2.19. The molecule has 1 atom stereocenters. The molecule has 2 fully saturated rings. The topological polar surface area (TPSA) is 70.6 Å². The predicted octanol–water partition coefficient (Wildman–Crippen LogP) is -0.324. The normalized spacial score (nSPS) is 22.7. The number of nitrogens with one attached hydrogen (secondary N) is 1. The summed E-state index contributed by atoms with van der Waals surface area (Å²) in [5.41, 5.74) is 1.05. The summed E-state index contributed by atoms with van der Waals surface area (Å²) in [7, 11) is 0. The molecule has 2 saturated heterocycles. The molecule has 7 nitrogen and oxygen atoms in total. The standard InChI is InChI=1S/C15H23N5O2/c1-2-12-9-14(18-11-17-12)19-4-6-20(7-5-19)15(21)13-10-16-3-8-22-13/h9,11,13,16H,2-8,10H2,1H3/t13-/m1/s1. The van der Waals surface area contributed by atoms with Crippen molar-refractivity contribution in [3.05, 3.63) is 18.1 Å². The van der Waals surface area contributed by atoms with Gasteiger partial charge in [-0.2, -0.15) is 0 Å². The second-order valence-corrected chi connectivity index (χ2v) is 5.60. The highest BCUT2D eigenvalue weighted by molar-refractivity contribution is 5.81. The van der Waals surface area contributed by atoms with Crippen LogP contribution < -0.4 is 10.2 Å². The van der Waals surface area contributed by atoms with Crippen molar-refractivity contribution in [2.75, 3.05) is 50.8 Å². The lowest BCUT2D eigenvalue weighted by Crippen LogP contribution is -2.55. The zero-order chi connectivity index (χ0) is 15.4. The quantitative estimate of drug-likeness (QED) is 0.825. The van der Waals surface area contributed by atoms with Gasteiger partial charge in [-0.3, -0.25) is 4.79 Å². The van der Waals surface area contributed by atoms with Crippen molar-refractivity contribution in [2.24, 2.45) is 0 Å². The molecule has 1 aromatic heterocycles. The molecule has 22 heavy (non-hydrogen) atoms. The molecule has 1 amide bonds. The fraction of sp³-hybridized carbons (Fsp3) is 0.667. The highest BCUT2D eigenvalue weighted by Gasteiger charge is 2.29. The molecule has 2 aliphatic heterocycles. The highest BCUT2D eigenvalue weighted by atomic mass is 16.5. The van der Waals surface area contributed by atoms with Crippen molar-refractivity contribution in [2.45, 2.75) is 19.4 Å². The minimum atomic E-state index is -0.328. The number of piperazine rings is 1. The van der Waals surface area contributed by atoms with Gasteiger partial charge in [-0.25, -0.2) is 9.97 Å². The minimum absolute atomic E-state index is 0.101. The Hall–Kier alpha value is -1.73. The maximum Gasteiger partial charge on any atom is 0.253 e. The van der Waals surface area contributed by atoms with E-state index < -0.39 is 0 Å². The van der Waals surface area contributed by atoms with Gasteiger partial charge in [-0.1, -0.05) is 6.92 Å². The number of nitrogens with zero attached hydrogens (tertiary/aromatic N) is 4. The number of ether oxygens (including phenoxy) is 1. The maximum atomic E-state index is 12.4. The second-order valence-electron chi connectivity index (χ2n) is 5.60. The number of carbonyl (C=O) groups is 1. The lowest BCUT2D eigenvalue weighted by atomic mass is 10.2. The molecule has 0 radical (unpaired) electrons. The summed E-state index contributed by atoms with van der Waals surface area (Å²) in [4.78, 5) is 25.1. The van der Waals surface area contributed by atoms with E-state index in [-0.39, 0.29) is 12.0 Å². The van der Waals surface area contributed by atoms with Crippen LogP contribution in [0.3, 0.4) is 0 Å². The van der Waals surface area contributed by atoms with Crippen LogP contribution in [0.2, 0.25) is 0 Å². The van der Waals surface area contributed by atoms with E-state index in [1.54, 1.807) is 6.33 Å². The molecule has 0 aromatic carbocycles. The first-order valence-electron chi connectivity index (χ1n) is 7.95. The third-order valence-corrected chi connectivity index (χ3v) is 4.19. The smallest absolute Gasteiger partial charge is 0.253 e.